The van der Waals surface area contributed by atoms with E-state index in [1.165, 1.54) is 12.8 Å². The molecule has 7 rings (SSSR count). The van der Waals surface area contributed by atoms with Crippen molar-refractivity contribution in [2.45, 2.75) is 25.7 Å². The van der Waals surface area contributed by atoms with Crippen LogP contribution in [0.3, 0.4) is 0 Å². The van der Waals surface area contributed by atoms with Crippen molar-refractivity contribution in [1.29, 1.82) is 0 Å². The van der Waals surface area contributed by atoms with E-state index in [2.05, 4.69) is 0 Å². The van der Waals surface area contributed by atoms with Crippen LogP contribution in [0.4, 0.5) is 0 Å². The first-order valence-electron chi connectivity index (χ1n) is 11.9. The van der Waals surface area contributed by atoms with Gasteiger partial charge in [0.25, 0.3) is 0 Å². The van der Waals surface area contributed by atoms with Crippen LogP contribution >= 0.6 is 0 Å². The van der Waals surface area contributed by atoms with Gasteiger partial charge in [0.05, 0.1) is 0 Å². The second-order valence-corrected chi connectivity index (χ2v) is 10.8. The molecule has 152 valence electrons. The van der Waals surface area contributed by atoms with Crippen LogP contribution in [-0.4, -0.2) is 11.6 Å². The monoisotopic (exact) mass is 396 g/mol. The molecule has 0 heterocycles. The topological polar surface area (TPSA) is 34.1 Å². The zero-order valence-corrected chi connectivity index (χ0v) is 17.2. The van der Waals surface area contributed by atoms with Crippen molar-refractivity contribution < 1.29 is 9.59 Å². The van der Waals surface area contributed by atoms with E-state index in [-0.39, 0.29) is 0 Å². The van der Waals surface area contributed by atoms with Crippen molar-refractivity contribution in [2.75, 3.05) is 0 Å². The highest BCUT2D eigenvalue weighted by molar-refractivity contribution is 5.96. The van der Waals surface area contributed by atoms with Gasteiger partial charge in [-0.1, -0.05) is 60.7 Å². The maximum absolute atomic E-state index is 13.0. The van der Waals surface area contributed by atoms with E-state index in [0.717, 1.165) is 71.3 Å². The zero-order valence-electron chi connectivity index (χ0n) is 17.2. The third-order valence-corrected chi connectivity index (χ3v) is 10.1. The van der Waals surface area contributed by atoms with Crippen molar-refractivity contribution in [2.24, 2.45) is 59.2 Å². The molecule has 0 radical (unpaired) electrons. The number of hydrogen-bond donors (Lipinski definition) is 0. The lowest BCUT2D eigenvalue weighted by Crippen LogP contribution is -2.41. The first-order chi connectivity index (χ1) is 14.7. The average molecular weight is 397 g/mol. The molecule has 0 aromatic heterocycles. The highest BCUT2D eigenvalue weighted by Gasteiger charge is 2.78. The van der Waals surface area contributed by atoms with Crippen molar-refractivity contribution in [3.8, 4) is 0 Å². The van der Waals surface area contributed by atoms with Crippen LogP contribution in [-0.2, 0) is 0 Å². The predicted octanol–water partition coefficient (Wildman–Crippen LogP) is 5.54. The van der Waals surface area contributed by atoms with Gasteiger partial charge in [-0.3, -0.25) is 9.59 Å². The lowest BCUT2D eigenvalue weighted by atomic mass is 9.60. The largest absolute Gasteiger partial charge is 0.294 e. The SMILES string of the molecule is O=C(CC1[C@@H]2C[C@H]3C4C2C2C4[C@H](C[C@H]21)C3CC(=O)c1ccccc1)c1ccccc1. The smallest absolute Gasteiger partial charge is 0.163 e. The maximum atomic E-state index is 13.0. The Morgan fingerprint density at radius 1 is 0.567 bits per heavy atom. The molecule has 0 aliphatic heterocycles. The number of hydrogen-bond acceptors (Lipinski definition) is 2. The zero-order chi connectivity index (χ0) is 20.0. The molecule has 2 heteroatoms. The van der Waals surface area contributed by atoms with Gasteiger partial charge in [-0.25, -0.2) is 0 Å². The van der Waals surface area contributed by atoms with Crippen LogP contribution in [0.5, 0.6) is 0 Å². The molecule has 0 amide bonds. The summed E-state index contributed by atoms with van der Waals surface area (Å²) >= 11 is 0. The summed E-state index contributed by atoms with van der Waals surface area (Å²) in [5.74, 6) is 8.37. The minimum atomic E-state index is 0.346. The number of ketones is 2. The van der Waals surface area contributed by atoms with Crippen LogP contribution in [0.2, 0.25) is 0 Å². The number of carbonyl (C=O) groups is 2. The van der Waals surface area contributed by atoms with Gasteiger partial charge in [0, 0.05) is 24.0 Å². The second-order valence-electron chi connectivity index (χ2n) is 10.8. The van der Waals surface area contributed by atoms with Gasteiger partial charge >= 0.3 is 0 Å². The maximum Gasteiger partial charge on any atom is 0.163 e. The molecular formula is C28H28O2. The van der Waals surface area contributed by atoms with Crippen LogP contribution in [0.1, 0.15) is 46.4 Å². The molecule has 5 fully saturated rings. The summed E-state index contributed by atoms with van der Waals surface area (Å²) in [5, 5.41) is 0. The summed E-state index contributed by atoms with van der Waals surface area (Å²) in [6.45, 7) is 0. The number of rotatable bonds is 6. The average Bonchev–Trinajstić information content (AvgIpc) is 3.41. The third-order valence-electron chi connectivity index (χ3n) is 10.1. The predicted molar refractivity (Wildman–Crippen MR) is 115 cm³/mol. The van der Waals surface area contributed by atoms with Crippen molar-refractivity contribution in [1.82, 2.24) is 0 Å². The van der Waals surface area contributed by atoms with Gasteiger partial charge in [0.15, 0.2) is 11.6 Å². The van der Waals surface area contributed by atoms with Gasteiger partial charge in [0.2, 0.25) is 0 Å². The van der Waals surface area contributed by atoms with Crippen LogP contribution in [0, 0.1) is 59.2 Å². The molecule has 2 nitrogen and oxygen atoms in total. The quantitative estimate of drug-likeness (QED) is 0.601. The minimum Gasteiger partial charge on any atom is -0.294 e. The molecule has 2 aromatic carbocycles. The molecule has 5 aliphatic carbocycles. The van der Waals surface area contributed by atoms with E-state index in [1.807, 2.05) is 60.7 Å². The normalized spacial score (nSPS) is 43.6. The molecule has 0 bridgehead atoms. The number of benzene rings is 2. The molecular weight excluding hydrogens is 368 g/mol. The van der Waals surface area contributed by atoms with E-state index < -0.39 is 0 Å². The molecule has 2 aromatic rings. The summed E-state index contributed by atoms with van der Waals surface area (Å²) in [6.07, 6.45) is 4.07. The van der Waals surface area contributed by atoms with E-state index in [4.69, 9.17) is 0 Å². The highest BCUT2D eigenvalue weighted by atomic mass is 16.1. The third kappa shape index (κ3) is 2.15. The Morgan fingerprint density at radius 2 is 0.900 bits per heavy atom. The van der Waals surface area contributed by atoms with Crippen LogP contribution in [0.15, 0.2) is 60.7 Å². The molecule has 0 N–H and O–H groups in total. The second kappa shape index (κ2) is 6.15. The van der Waals surface area contributed by atoms with Gasteiger partial charge in [-0.05, 0) is 72.0 Å². The Morgan fingerprint density at radius 3 is 1.23 bits per heavy atom. The van der Waals surface area contributed by atoms with E-state index >= 15 is 0 Å². The van der Waals surface area contributed by atoms with Crippen molar-refractivity contribution >= 4 is 11.6 Å². The van der Waals surface area contributed by atoms with Crippen LogP contribution in [0.25, 0.3) is 0 Å². The summed E-state index contributed by atoms with van der Waals surface area (Å²) in [5.41, 5.74) is 1.77. The molecule has 5 aliphatic rings. The first kappa shape index (κ1) is 17.5. The fraction of sp³-hybridized carbons (Fsp3) is 0.500. The lowest BCUT2D eigenvalue weighted by molar-refractivity contribution is 0.0202. The van der Waals surface area contributed by atoms with Crippen LogP contribution < -0.4 is 0 Å². The number of carbonyl (C=O) groups excluding carboxylic acids is 2. The van der Waals surface area contributed by atoms with E-state index in [9.17, 15) is 9.59 Å². The lowest BCUT2D eigenvalue weighted by Gasteiger charge is -2.44. The van der Waals surface area contributed by atoms with E-state index in [0.29, 0.717) is 23.4 Å². The fourth-order valence-corrected chi connectivity index (χ4v) is 9.41. The summed E-state index contributed by atoms with van der Waals surface area (Å²) < 4.78 is 0. The van der Waals surface area contributed by atoms with Gasteiger partial charge in [0.1, 0.15) is 0 Å². The highest BCUT2D eigenvalue weighted by Crippen LogP contribution is 2.83. The molecule has 5 saturated carbocycles. The Bertz CT molecular complexity index is 892. The van der Waals surface area contributed by atoms with Gasteiger partial charge in [-0.15, -0.1) is 0 Å². The van der Waals surface area contributed by atoms with Crippen molar-refractivity contribution in [3.63, 3.8) is 0 Å². The summed E-state index contributed by atoms with van der Waals surface area (Å²) in [6, 6.07) is 19.8. The Hall–Kier alpha value is -2.22. The fourth-order valence-electron chi connectivity index (χ4n) is 9.41. The molecule has 8 atom stereocenters. The Balaban J connectivity index is 1.13. The Kier molecular flexibility index (Phi) is 3.58. The van der Waals surface area contributed by atoms with E-state index in [1.54, 1.807) is 0 Å². The summed E-state index contributed by atoms with van der Waals surface area (Å²) in [4.78, 5) is 26.0. The summed E-state index contributed by atoms with van der Waals surface area (Å²) in [7, 11) is 0. The minimum absolute atomic E-state index is 0.346. The molecule has 0 spiro atoms. The molecule has 0 saturated heterocycles. The molecule has 30 heavy (non-hydrogen) atoms. The molecule has 4 unspecified atom stereocenters. The van der Waals surface area contributed by atoms with Gasteiger partial charge in [-0.2, -0.15) is 0 Å². The standard InChI is InChI=1S/C28H28O2/c29-23(15-7-3-1-4-8-15)13-17-19-11-21-18(14-24(30)16-9-5-2-6-10-16)22-12-20(17)26-25(19)27(21)28(22)26/h1-10,17-22,25-28H,11-14H2/t17?,18?,19-,20-,21+,22+,25?,26?,27?,28?. The Labute approximate surface area is 178 Å². The number of Topliss-reactive ketones (excluding diaryl/α,β-unsaturated/α-hetero) is 2. The van der Waals surface area contributed by atoms with Crippen molar-refractivity contribution in [3.05, 3.63) is 71.8 Å². The first-order valence-corrected chi connectivity index (χ1v) is 11.9. The van der Waals surface area contributed by atoms with Gasteiger partial charge < -0.3 is 0 Å².